The maximum Gasteiger partial charge on any atom is 0.305 e. The van der Waals surface area contributed by atoms with Crippen LogP contribution in [0.25, 0.3) is 0 Å². The number of aromatic nitrogens is 1. The Kier molecular flexibility index (Phi) is 5.01. The summed E-state index contributed by atoms with van der Waals surface area (Å²) in [4.78, 5) is 57.3. The van der Waals surface area contributed by atoms with Crippen LogP contribution in [0.1, 0.15) is 22.8 Å². The molecule has 3 heterocycles. The van der Waals surface area contributed by atoms with Crippen LogP contribution in [0.3, 0.4) is 0 Å². The lowest BCUT2D eigenvalue weighted by Crippen LogP contribution is -2.42. The number of rotatable bonds is 4. The van der Waals surface area contributed by atoms with Gasteiger partial charge in [0.25, 0.3) is 0 Å². The SMILES string of the molecule is O=C(CN1C(=O)[C@@H]2[C@H]3C[C@@H]([C@@H]2C1=O)[C@@H]1[C@H](c2ccccc2)c2sc(=O)[nH]c2S[C@H]31)Nc1ccccc1. The van der Waals surface area contributed by atoms with Crippen molar-refractivity contribution in [3.63, 3.8) is 0 Å². The van der Waals surface area contributed by atoms with Crippen LogP contribution >= 0.6 is 23.1 Å². The fourth-order valence-corrected chi connectivity index (χ4v) is 10.0. The van der Waals surface area contributed by atoms with Crippen LogP contribution in [0, 0.1) is 29.6 Å². The lowest BCUT2D eigenvalue weighted by Gasteiger charge is -2.43. The van der Waals surface area contributed by atoms with Crippen LogP contribution in [0.2, 0.25) is 0 Å². The highest BCUT2D eigenvalue weighted by Gasteiger charge is 2.69. The van der Waals surface area contributed by atoms with Crippen molar-refractivity contribution in [2.45, 2.75) is 22.6 Å². The van der Waals surface area contributed by atoms with E-state index in [4.69, 9.17) is 0 Å². The standard InChI is InChI=1S/C27H23N3O4S2/c31-17(28-14-9-5-2-6-10-14)12-30-25(32)20-15-11-16(21(20)26(30)33)22-19(15)18(13-7-3-1-4-8-13)23-24(35-22)29-27(34)36-23/h1-10,15-16,18-22H,11-12H2,(H,28,31)(H,29,34)/t15-,16-,18+,19-,20+,21-,22-/m1/s1. The molecular formula is C27H23N3O4S2. The number of imide groups is 1. The number of nitrogens with zero attached hydrogens (tertiary/aromatic N) is 1. The molecule has 7 atom stereocenters. The highest BCUT2D eigenvalue weighted by molar-refractivity contribution is 8.00. The van der Waals surface area contributed by atoms with Crippen LogP contribution in [-0.2, 0) is 14.4 Å². The summed E-state index contributed by atoms with van der Waals surface area (Å²) in [7, 11) is 0. The Morgan fingerprint density at radius 1 is 0.944 bits per heavy atom. The number of carbonyl (C=O) groups excluding carboxylic acids is 3. The van der Waals surface area contributed by atoms with E-state index in [9.17, 15) is 19.2 Å². The molecule has 182 valence electrons. The zero-order valence-corrected chi connectivity index (χ0v) is 20.8. The number of hydrogen-bond acceptors (Lipinski definition) is 6. The van der Waals surface area contributed by atoms with Crippen LogP contribution in [0.15, 0.2) is 70.5 Å². The first-order valence-corrected chi connectivity index (χ1v) is 13.9. The molecule has 7 nitrogen and oxygen atoms in total. The number of hydrogen-bond donors (Lipinski definition) is 2. The molecule has 2 saturated carbocycles. The molecule has 7 rings (SSSR count). The second kappa shape index (κ2) is 8.18. The number of para-hydroxylation sites is 1. The number of carbonyl (C=O) groups is 3. The summed E-state index contributed by atoms with van der Waals surface area (Å²) in [5.74, 6) is -1.30. The Bertz CT molecular complexity index is 1440. The first-order valence-electron chi connectivity index (χ1n) is 12.2. The average molecular weight is 518 g/mol. The van der Waals surface area contributed by atoms with Crippen molar-refractivity contribution in [1.29, 1.82) is 0 Å². The molecule has 3 fully saturated rings. The molecular weight excluding hydrogens is 494 g/mol. The van der Waals surface area contributed by atoms with Gasteiger partial charge in [-0.2, -0.15) is 0 Å². The predicted octanol–water partition coefficient (Wildman–Crippen LogP) is 3.55. The Morgan fingerprint density at radius 2 is 1.61 bits per heavy atom. The van der Waals surface area contributed by atoms with Gasteiger partial charge in [-0.25, -0.2) is 0 Å². The van der Waals surface area contributed by atoms with Gasteiger partial charge in [0.15, 0.2) is 0 Å². The molecule has 2 aromatic carbocycles. The largest absolute Gasteiger partial charge is 0.325 e. The van der Waals surface area contributed by atoms with Gasteiger partial charge in [0.05, 0.1) is 16.9 Å². The molecule has 0 spiro atoms. The van der Waals surface area contributed by atoms with Crippen molar-refractivity contribution >= 4 is 46.5 Å². The highest BCUT2D eigenvalue weighted by Crippen LogP contribution is 2.68. The first kappa shape index (κ1) is 22.1. The number of H-pyrrole nitrogens is 1. The van der Waals surface area contributed by atoms with Crippen molar-refractivity contribution < 1.29 is 14.4 Å². The van der Waals surface area contributed by atoms with E-state index in [1.807, 2.05) is 36.4 Å². The van der Waals surface area contributed by atoms with Crippen molar-refractivity contribution in [2.24, 2.45) is 29.6 Å². The minimum atomic E-state index is -0.391. The van der Waals surface area contributed by atoms with Crippen LogP contribution in [-0.4, -0.2) is 39.4 Å². The number of fused-ring (bicyclic) bond motifs is 9. The molecule has 1 aromatic heterocycles. The first-order chi connectivity index (χ1) is 17.5. The maximum atomic E-state index is 13.6. The van der Waals surface area contributed by atoms with Gasteiger partial charge >= 0.3 is 4.87 Å². The number of amides is 3. The summed E-state index contributed by atoms with van der Waals surface area (Å²) < 4.78 is 0. The third-order valence-corrected chi connectivity index (χ3v) is 10.9. The quantitative estimate of drug-likeness (QED) is 0.516. The summed E-state index contributed by atoms with van der Waals surface area (Å²) >= 11 is 2.93. The lowest BCUT2D eigenvalue weighted by atomic mass is 9.68. The van der Waals surface area contributed by atoms with Gasteiger partial charge in [-0.05, 0) is 41.9 Å². The zero-order chi connectivity index (χ0) is 24.6. The van der Waals surface area contributed by atoms with Gasteiger partial charge in [0, 0.05) is 21.7 Å². The van der Waals surface area contributed by atoms with Crippen LogP contribution in [0.5, 0.6) is 0 Å². The number of likely N-dealkylation sites (tertiary alicyclic amines) is 1. The van der Waals surface area contributed by atoms with E-state index in [1.54, 1.807) is 23.9 Å². The van der Waals surface area contributed by atoms with Gasteiger partial charge in [-0.1, -0.05) is 59.9 Å². The van der Waals surface area contributed by atoms with Crippen LogP contribution in [0.4, 0.5) is 5.69 Å². The van der Waals surface area contributed by atoms with Crippen LogP contribution < -0.4 is 10.2 Å². The molecule has 2 bridgehead atoms. The molecule has 3 aromatic rings. The van der Waals surface area contributed by atoms with E-state index in [0.717, 1.165) is 21.9 Å². The summed E-state index contributed by atoms with van der Waals surface area (Å²) in [5, 5.41) is 3.83. The zero-order valence-electron chi connectivity index (χ0n) is 19.1. The van der Waals surface area contributed by atoms with Gasteiger partial charge in [-0.15, -0.1) is 11.8 Å². The smallest absolute Gasteiger partial charge is 0.305 e. The number of thiazole rings is 1. The second-order valence-electron chi connectivity index (χ2n) is 10.0. The Labute approximate surface area is 215 Å². The molecule has 9 heteroatoms. The predicted molar refractivity (Wildman–Crippen MR) is 137 cm³/mol. The number of aromatic amines is 1. The summed E-state index contributed by atoms with van der Waals surface area (Å²) in [6, 6.07) is 19.2. The minimum absolute atomic E-state index is 0.0191. The van der Waals surface area contributed by atoms with E-state index in [1.165, 1.54) is 16.2 Å². The van der Waals surface area contributed by atoms with Crippen molar-refractivity contribution in [2.75, 3.05) is 11.9 Å². The third kappa shape index (κ3) is 3.18. The van der Waals surface area contributed by atoms with E-state index in [-0.39, 0.29) is 64.0 Å². The lowest BCUT2D eigenvalue weighted by molar-refractivity contribution is -0.143. The summed E-state index contributed by atoms with van der Waals surface area (Å²) in [5.41, 5.74) is 1.78. The van der Waals surface area contributed by atoms with Crippen molar-refractivity contribution in [1.82, 2.24) is 9.88 Å². The minimum Gasteiger partial charge on any atom is -0.325 e. The van der Waals surface area contributed by atoms with Gasteiger partial charge < -0.3 is 10.3 Å². The molecule has 36 heavy (non-hydrogen) atoms. The molecule has 2 N–H and O–H groups in total. The second-order valence-corrected chi connectivity index (χ2v) is 12.3. The summed E-state index contributed by atoms with van der Waals surface area (Å²) in [6.07, 6.45) is 0.835. The fourth-order valence-electron chi connectivity index (χ4n) is 7.13. The number of nitrogens with one attached hydrogen (secondary N) is 2. The number of benzene rings is 2. The topological polar surface area (TPSA) is 99.3 Å². The third-order valence-electron chi connectivity index (χ3n) is 8.33. The van der Waals surface area contributed by atoms with E-state index >= 15 is 0 Å². The maximum absolute atomic E-state index is 13.6. The van der Waals surface area contributed by atoms with Crippen molar-refractivity contribution in [3.8, 4) is 0 Å². The number of anilines is 1. The van der Waals surface area contributed by atoms with Gasteiger partial charge in [0.2, 0.25) is 17.7 Å². The molecule has 0 unspecified atom stereocenters. The van der Waals surface area contributed by atoms with E-state index < -0.39 is 5.92 Å². The van der Waals surface area contributed by atoms with Crippen molar-refractivity contribution in [3.05, 3.63) is 80.8 Å². The van der Waals surface area contributed by atoms with Gasteiger partial charge in [0.1, 0.15) is 6.54 Å². The Hall–Kier alpha value is -3.17. The Balaban J connectivity index is 1.20. The molecule has 2 aliphatic heterocycles. The molecule has 1 saturated heterocycles. The number of thioether (sulfide) groups is 1. The molecule has 2 aliphatic carbocycles. The molecule has 3 amide bonds. The Morgan fingerprint density at radius 3 is 2.33 bits per heavy atom. The van der Waals surface area contributed by atoms with E-state index in [2.05, 4.69) is 22.4 Å². The van der Waals surface area contributed by atoms with E-state index in [0.29, 0.717) is 5.69 Å². The summed E-state index contributed by atoms with van der Waals surface area (Å²) in [6.45, 7) is -0.260. The monoisotopic (exact) mass is 517 g/mol. The molecule has 4 aliphatic rings. The molecule has 0 radical (unpaired) electrons. The fraction of sp³-hybridized carbons (Fsp3) is 0.333. The van der Waals surface area contributed by atoms with Gasteiger partial charge in [-0.3, -0.25) is 24.1 Å². The normalized spacial score (nSPS) is 31.8. The highest BCUT2D eigenvalue weighted by atomic mass is 32.2. The average Bonchev–Trinajstić information content (AvgIpc) is 3.61.